The number of halogens is 1. The van der Waals surface area contributed by atoms with Crippen LogP contribution < -0.4 is 16.4 Å². The molecule has 1 aliphatic carbocycles. The highest BCUT2D eigenvalue weighted by atomic mass is 127. The molecule has 3 amide bonds. The number of hydrogen-bond donors (Lipinski definition) is 3. The van der Waals surface area contributed by atoms with Gasteiger partial charge in [-0.2, -0.15) is 0 Å². The maximum absolute atomic E-state index is 11.5. The van der Waals surface area contributed by atoms with Gasteiger partial charge in [-0.15, -0.1) is 24.0 Å². The van der Waals surface area contributed by atoms with E-state index in [1.807, 2.05) is 12.1 Å². The van der Waals surface area contributed by atoms with Gasteiger partial charge < -0.3 is 16.4 Å². The number of nitrogens with zero attached hydrogens (tertiary/aromatic N) is 2. The number of nitrogens with one attached hydrogen (secondary N) is 2. The fourth-order valence-corrected chi connectivity index (χ4v) is 3.03. The molecule has 0 unspecified atom stereocenters. The molecular formula is C16H22IN5O2. The van der Waals surface area contributed by atoms with Crippen LogP contribution in [0, 0.1) is 0 Å². The van der Waals surface area contributed by atoms with E-state index in [0.717, 1.165) is 23.4 Å². The Balaban J connectivity index is 0.00000208. The lowest BCUT2D eigenvalue weighted by atomic mass is 9.90. The van der Waals surface area contributed by atoms with Gasteiger partial charge in [0.05, 0.1) is 19.6 Å². The van der Waals surface area contributed by atoms with Crippen molar-refractivity contribution in [2.45, 2.75) is 25.7 Å². The first-order valence-corrected chi connectivity index (χ1v) is 7.91. The molecule has 0 aromatic heterocycles. The van der Waals surface area contributed by atoms with Crippen molar-refractivity contribution in [3.8, 4) is 0 Å². The third-order valence-electron chi connectivity index (χ3n) is 4.20. The highest BCUT2D eigenvalue weighted by Gasteiger charge is 2.27. The second-order valence-corrected chi connectivity index (χ2v) is 5.75. The topological polar surface area (TPSA) is 99.8 Å². The Morgan fingerprint density at radius 3 is 2.83 bits per heavy atom. The van der Waals surface area contributed by atoms with Crippen LogP contribution in [0.25, 0.3) is 0 Å². The third kappa shape index (κ3) is 4.16. The summed E-state index contributed by atoms with van der Waals surface area (Å²) in [5.41, 5.74) is 9.61. The molecule has 2 aliphatic rings. The Morgan fingerprint density at radius 2 is 2.08 bits per heavy atom. The van der Waals surface area contributed by atoms with Gasteiger partial charge in [-0.05, 0) is 42.9 Å². The zero-order valence-electron chi connectivity index (χ0n) is 13.4. The zero-order chi connectivity index (χ0) is 16.2. The summed E-state index contributed by atoms with van der Waals surface area (Å²) in [4.78, 5) is 28.2. The molecule has 0 atom stereocenters. The fraction of sp³-hybridized carbons (Fsp3) is 0.438. The molecule has 8 heteroatoms. The van der Waals surface area contributed by atoms with Crippen LogP contribution >= 0.6 is 24.0 Å². The highest BCUT2D eigenvalue weighted by molar-refractivity contribution is 14.0. The number of amides is 3. The van der Waals surface area contributed by atoms with E-state index in [4.69, 9.17) is 5.73 Å². The molecule has 0 bridgehead atoms. The minimum atomic E-state index is -0.367. The van der Waals surface area contributed by atoms with Crippen molar-refractivity contribution in [3.63, 3.8) is 0 Å². The van der Waals surface area contributed by atoms with Crippen molar-refractivity contribution in [2.24, 2.45) is 10.7 Å². The van der Waals surface area contributed by atoms with Crippen molar-refractivity contribution < 1.29 is 9.59 Å². The number of aliphatic imine (C=N–C) groups is 1. The van der Waals surface area contributed by atoms with E-state index in [0.29, 0.717) is 5.96 Å². The molecule has 1 heterocycles. The molecule has 1 aromatic carbocycles. The summed E-state index contributed by atoms with van der Waals surface area (Å²) in [5, 5.41) is 5.62. The van der Waals surface area contributed by atoms with Gasteiger partial charge in [0.1, 0.15) is 0 Å². The molecule has 0 spiro atoms. The first-order valence-electron chi connectivity index (χ1n) is 7.91. The molecule has 4 N–H and O–H groups in total. The summed E-state index contributed by atoms with van der Waals surface area (Å²) in [6, 6.07) is 5.82. The quantitative estimate of drug-likeness (QED) is 0.284. The summed E-state index contributed by atoms with van der Waals surface area (Å²) in [5.74, 6) is 0.0740. The molecule has 0 radical (unpaired) electrons. The molecule has 0 saturated carbocycles. The molecule has 1 saturated heterocycles. The van der Waals surface area contributed by atoms with Gasteiger partial charge in [0, 0.05) is 5.69 Å². The monoisotopic (exact) mass is 443 g/mol. The summed E-state index contributed by atoms with van der Waals surface area (Å²) in [6.45, 7) is 0.583. The maximum atomic E-state index is 11.5. The van der Waals surface area contributed by atoms with Crippen molar-refractivity contribution >= 4 is 47.6 Å². The number of carbonyl (C=O) groups is 2. The van der Waals surface area contributed by atoms with Crippen LogP contribution in [0.1, 0.15) is 24.0 Å². The summed E-state index contributed by atoms with van der Waals surface area (Å²) in [6.07, 6.45) is 4.57. The Morgan fingerprint density at radius 1 is 1.29 bits per heavy atom. The summed E-state index contributed by atoms with van der Waals surface area (Å²) in [7, 11) is 0. The van der Waals surface area contributed by atoms with Gasteiger partial charge in [-0.25, -0.2) is 4.79 Å². The Kier molecular flexibility index (Phi) is 6.41. The standard InChI is InChI=1S/C16H21N5O2.HI/c17-15(18-8-9-21-14(22)10-19-16(21)23)20-13-7-3-5-11-4-1-2-6-12(11)13;/h3,5,7H,1-2,4,6,8-10H2,(H,19,23)(H3,17,18,20);1H. The lowest BCUT2D eigenvalue weighted by Crippen LogP contribution is -2.34. The van der Waals surface area contributed by atoms with E-state index in [1.54, 1.807) is 0 Å². The number of urea groups is 1. The van der Waals surface area contributed by atoms with Crippen molar-refractivity contribution in [2.75, 3.05) is 25.0 Å². The number of nitrogens with two attached hydrogens (primary N) is 1. The van der Waals surface area contributed by atoms with Crippen LogP contribution in [-0.2, 0) is 17.6 Å². The molecule has 1 aromatic rings. The predicted octanol–water partition coefficient (Wildman–Crippen LogP) is 1.46. The van der Waals surface area contributed by atoms with E-state index in [1.165, 1.54) is 24.0 Å². The average molecular weight is 443 g/mol. The minimum Gasteiger partial charge on any atom is -0.370 e. The molecule has 130 valence electrons. The average Bonchev–Trinajstić information content (AvgIpc) is 2.87. The first kappa shape index (κ1) is 18.5. The fourth-order valence-electron chi connectivity index (χ4n) is 3.03. The molecule has 7 nitrogen and oxygen atoms in total. The molecular weight excluding hydrogens is 421 g/mol. The van der Waals surface area contributed by atoms with Crippen molar-refractivity contribution in [1.82, 2.24) is 10.2 Å². The van der Waals surface area contributed by atoms with Crippen molar-refractivity contribution in [3.05, 3.63) is 29.3 Å². The van der Waals surface area contributed by atoms with Crippen LogP contribution in [0.4, 0.5) is 10.5 Å². The number of rotatable bonds is 4. The van der Waals surface area contributed by atoms with Crippen molar-refractivity contribution in [1.29, 1.82) is 0 Å². The van der Waals surface area contributed by atoms with Crippen LogP contribution in [0.2, 0.25) is 0 Å². The van der Waals surface area contributed by atoms with Crippen LogP contribution in [-0.4, -0.2) is 42.4 Å². The van der Waals surface area contributed by atoms with E-state index >= 15 is 0 Å². The summed E-state index contributed by atoms with van der Waals surface area (Å²) < 4.78 is 0. The predicted molar refractivity (Wildman–Crippen MR) is 104 cm³/mol. The summed E-state index contributed by atoms with van der Waals surface area (Å²) >= 11 is 0. The lowest BCUT2D eigenvalue weighted by molar-refractivity contribution is -0.124. The van der Waals surface area contributed by atoms with E-state index in [-0.39, 0.29) is 55.5 Å². The minimum absolute atomic E-state index is 0. The van der Waals surface area contributed by atoms with Gasteiger partial charge in [-0.3, -0.25) is 14.7 Å². The number of carbonyl (C=O) groups excluding carboxylic acids is 2. The highest BCUT2D eigenvalue weighted by Crippen LogP contribution is 2.27. The van der Waals surface area contributed by atoms with Crippen LogP contribution in [0.15, 0.2) is 23.2 Å². The van der Waals surface area contributed by atoms with Crippen LogP contribution in [0.3, 0.4) is 0 Å². The number of aryl methyl sites for hydroxylation is 1. The number of guanidine groups is 1. The van der Waals surface area contributed by atoms with Crippen LogP contribution in [0.5, 0.6) is 0 Å². The van der Waals surface area contributed by atoms with E-state index in [2.05, 4.69) is 21.7 Å². The Bertz CT molecular complexity index is 646. The number of anilines is 1. The van der Waals surface area contributed by atoms with E-state index < -0.39 is 0 Å². The SMILES string of the molecule is I.NC(=NCCN1C(=O)CNC1=O)Nc1cccc2c1CCCC2. The Hall–Kier alpha value is -1.84. The largest absolute Gasteiger partial charge is 0.370 e. The van der Waals surface area contributed by atoms with Gasteiger partial charge in [-0.1, -0.05) is 12.1 Å². The molecule has 24 heavy (non-hydrogen) atoms. The zero-order valence-corrected chi connectivity index (χ0v) is 15.7. The van der Waals surface area contributed by atoms with Gasteiger partial charge in [0.15, 0.2) is 5.96 Å². The first-order chi connectivity index (χ1) is 11.1. The molecule has 3 rings (SSSR count). The lowest BCUT2D eigenvalue weighted by Gasteiger charge is -2.20. The Labute approximate surface area is 158 Å². The normalized spacial score (nSPS) is 17.2. The van der Waals surface area contributed by atoms with Gasteiger partial charge in [0.25, 0.3) is 0 Å². The van der Waals surface area contributed by atoms with E-state index in [9.17, 15) is 9.59 Å². The maximum Gasteiger partial charge on any atom is 0.324 e. The van der Waals surface area contributed by atoms with Gasteiger partial charge >= 0.3 is 6.03 Å². The number of fused-ring (bicyclic) bond motifs is 1. The number of benzene rings is 1. The second-order valence-electron chi connectivity index (χ2n) is 5.75. The molecule has 1 aliphatic heterocycles. The second kappa shape index (κ2) is 8.32. The third-order valence-corrected chi connectivity index (χ3v) is 4.20. The van der Waals surface area contributed by atoms with Gasteiger partial charge in [0.2, 0.25) is 5.91 Å². The number of hydrogen-bond acceptors (Lipinski definition) is 3. The number of imide groups is 1. The smallest absolute Gasteiger partial charge is 0.324 e. The molecule has 1 fully saturated rings.